The number of aromatic amines is 2. The predicted octanol–water partition coefficient (Wildman–Crippen LogP) is 2.85. The largest absolute Gasteiger partial charge is 0.323 e. The number of hydrogen-bond donors (Lipinski definition) is 3. The first-order valence-corrected chi connectivity index (χ1v) is 6.81. The molecule has 0 saturated carbocycles. The van der Waals surface area contributed by atoms with E-state index in [0.717, 1.165) is 22.2 Å². The highest BCUT2D eigenvalue weighted by Gasteiger charge is 2.07. The zero-order valence-corrected chi connectivity index (χ0v) is 11.6. The maximum Gasteiger partial charge on any atom is 0.323 e. The first-order valence-electron chi connectivity index (χ1n) is 6.81. The molecular weight excluding hydrogens is 269 g/mol. The van der Waals surface area contributed by atoms with Crippen LogP contribution in [0.15, 0.2) is 47.3 Å². The van der Waals surface area contributed by atoms with Crippen molar-refractivity contribution in [3.8, 4) is 0 Å². The second-order valence-electron chi connectivity index (χ2n) is 5.11. The van der Waals surface area contributed by atoms with E-state index in [-0.39, 0.29) is 17.5 Å². The molecule has 0 aliphatic carbocycles. The summed E-state index contributed by atoms with van der Waals surface area (Å²) in [7, 11) is 0. The van der Waals surface area contributed by atoms with Gasteiger partial charge in [-0.05, 0) is 42.3 Å². The fraction of sp³-hybridized carbons (Fsp3) is 0.188. The second kappa shape index (κ2) is 5.54. The van der Waals surface area contributed by atoms with Crippen LogP contribution in [0.2, 0.25) is 0 Å². The molecule has 5 heteroatoms. The highest BCUT2D eigenvalue weighted by molar-refractivity contribution is 5.75. The molecule has 0 saturated heterocycles. The Labute approximate surface area is 121 Å². The van der Waals surface area contributed by atoms with Gasteiger partial charge < -0.3 is 15.3 Å². The zero-order valence-electron chi connectivity index (χ0n) is 11.6. The molecule has 0 unspecified atom stereocenters. The Kier molecular flexibility index (Phi) is 3.58. The van der Waals surface area contributed by atoms with Gasteiger partial charge in [-0.1, -0.05) is 18.2 Å². The molecule has 2 aromatic carbocycles. The zero-order chi connectivity index (χ0) is 14.8. The van der Waals surface area contributed by atoms with Crippen LogP contribution in [0.4, 0.5) is 4.39 Å². The van der Waals surface area contributed by atoms with E-state index < -0.39 is 0 Å². The normalized spacial score (nSPS) is 12.7. The molecular formula is C16H16FN3O. The first kappa shape index (κ1) is 13.6. The summed E-state index contributed by atoms with van der Waals surface area (Å²) in [5, 5.41) is 3.38. The first-order chi connectivity index (χ1) is 10.1. The van der Waals surface area contributed by atoms with Crippen molar-refractivity contribution in [3.63, 3.8) is 0 Å². The fourth-order valence-corrected chi connectivity index (χ4v) is 2.31. The van der Waals surface area contributed by atoms with E-state index in [4.69, 9.17) is 0 Å². The van der Waals surface area contributed by atoms with Crippen LogP contribution in [-0.2, 0) is 6.54 Å². The van der Waals surface area contributed by atoms with E-state index in [2.05, 4.69) is 22.2 Å². The average molecular weight is 285 g/mol. The van der Waals surface area contributed by atoms with Crippen molar-refractivity contribution in [2.75, 3.05) is 0 Å². The molecule has 0 amide bonds. The van der Waals surface area contributed by atoms with Crippen LogP contribution >= 0.6 is 0 Å². The van der Waals surface area contributed by atoms with E-state index >= 15 is 0 Å². The Bertz CT molecular complexity index is 804. The van der Waals surface area contributed by atoms with Crippen LogP contribution in [0.3, 0.4) is 0 Å². The number of hydrogen-bond acceptors (Lipinski definition) is 2. The summed E-state index contributed by atoms with van der Waals surface area (Å²) in [4.78, 5) is 16.7. The molecule has 0 fully saturated rings. The molecule has 0 spiro atoms. The van der Waals surface area contributed by atoms with Crippen LogP contribution in [0.1, 0.15) is 24.1 Å². The number of nitrogens with one attached hydrogen (secondary N) is 3. The average Bonchev–Trinajstić information content (AvgIpc) is 2.85. The van der Waals surface area contributed by atoms with Crippen LogP contribution in [0, 0.1) is 5.82 Å². The van der Waals surface area contributed by atoms with Gasteiger partial charge in [0.15, 0.2) is 0 Å². The highest BCUT2D eigenvalue weighted by Crippen LogP contribution is 2.17. The van der Waals surface area contributed by atoms with Gasteiger partial charge in [0.2, 0.25) is 0 Å². The van der Waals surface area contributed by atoms with Gasteiger partial charge in [-0.15, -0.1) is 0 Å². The summed E-state index contributed by atoms with van der Waals surface area (Å²) in [6.45, 7) is 2.71. The summed E-state index contributed by atoms with van der Waals surface area (Å²) >= 11 is 0. The third-order valence-electron chi connectivity index (χ3n) is 3.57. The quantitative estimate of drug-likeness (QED) is 0.690. The molecule has 0 aliphatic rings. The molecule has 1 aromatic heterocycles. The summed E-state index contributed by atoms with van der Waals surface area (Å²) in [6.07, 6.45) is 0. The molecule has 108 valence electrons. The van der Waals surface area contributed by atoms with Gasteiger partial charge in [-0.25, -0.2) is 9.18 Å². The minimum atomic E-state index is -0.228. The van der Waals surface area contributed by atoms with Gasteiger partial charge in [-0.3, -0.25) is 0 Å². The third kappa shape index (κ3) is 3.03. The molecule has 1 atom stereocenters. The summed E-state index contributed by atoms with van der Waals surface area (Å²) in [5.74, 6) is -0.228. The van der Waals surface area contributed by atoms with E-state index in [0.29, 0.717) is 6.54 Å². The van der Waals surface area contributed by atoms with Gasteiger partial charge in [0.1, 0.15) is 5.82 Å². The van der Waals surface area contributed by atoms with Crippen molar-refractivity contribution in [1.29, 1.82) is 0 Å². The van der Waals surface area contributed by atoms with E-state index in [9.17, 15) is 9.18 Å². The Morgan fingerprint density at radius 1 is 1.10 bits per heavy atom. The van der Waals surface area contributed by atoms with E-state index in [1.807, 2.05) is 18.2 Å². The highest BCUT2D eigenvalue weighted by atomic mass is 19.1. The number of halogens is 1. The van der Waals surface area contributed by atoms with Crippen molar-refractivity contribution in [1.82, 2.24) is 15.3 Å². The minimum Gasteiger partial charge on any atom is -0.306 e. The summed E-state index contributed by atoms with van der Waals surface area (Å²) < 4.78 is 12.8. The van der Waals surface area contributed by atoms with Gasteiger partial charge in [0.25, 0.3) is 0 Å². The molecule has 3 aromatic rings. The van der Waals surface area contributed by atoms with Crippen molar-refractivity contribution in [3.05, 3.63) is 69.9 Å². The van der Waals surface area contributed by atoms with Crippen molar-refractivity contribution < 1.29 is 4.39 Å². The monoisotopic (exact) mass is 285 g/mol. The topological polar surface area (TPSA) is 60.7 Å². The smallest absolute Gasteiger partial charge is 0.306 e. The third-order valence-corrected chi connectivity index (χ3v) is 3.57. The van der Waals surface area contributed by atoms with Crippen LogP contribution in [0.5, 0.6) is 0 Å². The lowest BCUT2D eigenvalue weighted by molar-refractivity contribution is 0.573. The molecule has 1 heterocycles. The molecule has 0 radical (unpaired) electrons. The lowest BCUT2D eigenvalue weighted by Crippen LogP contribution is -2.18. The van der Waals surface area contributed by atoms with Crippen LogP contribution in [0.25, 0.3) is 11.0 Å². The fourth-order valence-electron chi connectivity index (χ4n) is 2.31. The summed E-state index contributed by atoms with van der Waals surface area (Å²) in [6, 6.07) is 12.4. The predicted molar refractivity (Wildman–Crippen MR) is 80.6 cm³/mol. The lowest BCUT2D eigenvalue weighted by Gasteiger charge is -2.14. The Morgan fingerprint density at radius 2 is 1.81 bits per heavy atom. The maximum atomic E-state index is 12.8. The number of benzene rings is 2. The Hall–Kier alpha value is -2.40. The molecule has 3 N–H and O–H groups in total. The summed E-state index contributed by atoms with van der Waals surface area (Å²) in [5.41, 5.74) is 3.51. The van der Waals surface area contributed by atoms with Gasteiger partial charge in [0.05, 0.1) is 11.0 Å². The molecule has 3 rings (SSSR count). The number of imidazole rings is 1. The van der Waals surface area contributed by atoms with E-state index in [1.54, 1.807) is 12.1 Å². The molecule has 0 bridgehead atoms. The number of aromatic nitrogens is 2. The maximum absolute atomic E-state index is 12.8. The SMILES string of the molecule is C[C@H](NCc1ccc(F)cc1)c1ccc2[nH]c(=O)[nH]c2c1. The Morgan fingerprint density at radius 3 is 2.57 bits per heavy atom. The standard InChI is InChI=1S/C16H16FN3O/c1-10(18-9-11-2-5-13(17)6-3-11)12-4-7-14-15(8-12)20-16(21)19-14/h2-8,10,18H,9H2,1H3,(H2,19,20,21)/t10-/m0/s1. The number of fused-ring (bicyclic) bond motifs is 1. The number of H-pyrrole nitrogens is 2. The van der Waals surface area contributed by atoms with Crippen LogP contribution in [-0.4, -0.2) is 9.97 Å². The van der Waals surface area contributed by atoms with Gasteiger partial charge in [0, 0.05) is 12.6 Å². The molecule has 21 heavy (non-hydrogen) atoms. The lowest BCUT2D eigenvalue weighted by atomic mass is 10.1. The van der Waals surface area contributed by atoms with E-state index in [1.165, 1.54) is 12.1 Å². The molecule has 0 aliphatic heterocycles. The Balaban J connectivity index is 1.72. The van der Waals surface area contributed by atoms with Crippen molar-refractivity contribution in [2.24, 2.45) is 0 Å². The van der Waals surface area contributed by atoms with Gasteiger partial charge in [-0.2, -0.15) is 0 Å². The molecule has 4 nitrogen and oxygen atoms in total. The van der Waals surface area contributed by atoms with Crippen LogP contribution < -0.4 is 11.0 Å². The van der Waals surface area contributed by atoms with Crippen molar-refractivity contribution >= 4 is 11.0 Å². The van der Waals surface area contributed by atoms with Crippen molar-refractivity contribution in [2.45, 2.75) is 19.5 Å². The van der Waals surface area contributed by atoms with Gasteiger partial charge >= 0.3 is 5.69 Å². The number of rotatable bonds is 4. The minimum absolute atomic E-state index is 0.123. The second-order valence-corrected chi connectivity index (χ2v) is 5.11.